The number of ether oxygens (including phenoxy) is 1. The van der Waals surface area contributed by atoms with E-state index in [0.29, 0.717) is 27.9 Å². The molecule has 0 radical (unpaired) electrons. The van der Waals surface area contributed by atoms with Crippen LogP contribution in [0.3, 0.4) is 0 Å². The number of anilines is 1. The number of benzene rings is 4. The maximum absolute atomic E-state index is 13.4. The molecule has 0 aromatic heterocycles. The molecule has 0 saturated carbocycles. The van der Waals surface area contributed by atoms with Gasteiger partial charge >= 0.3 is 0 Å². The lowest BCUT2D eigenvalue weighted by Gasteiger charge is -2.47. The molecule has 11 heteroatoms. The second kappa shape index (κ2) is 13.5. The first-order valence-electron chi connectivity index (χ1n) is 14.8. The molecule has 8 atom stereocenters. The van der Waals surface area contributed by atoms with Crippen molar-refractivity contribution in [3.05, 3.63) is 120 Å². The summed E-state index contributed by atoms with van der Waals surface area (Å²) in [5, 5.41) is 61.7. The van der Waals surface area contributed by atoms with Crippen LogP contribution in [-0.4, -0.2) is 78.6 Å². The first-order chi connectivity index (χ1) is 22.2. The van der Waals surface area contributed by atoms with Crippen molar-refractivity contribution in [3.63, 3.8) is 0 Å². The van der Waals surface area contributed by atoms with Gasteiger partial charge < -0.3 is 40.3 Å². The second-order valence-electron chi connectivity index (χ2n) is 11.5. The van der Waals surface area contributed by atoms with Crippen LogP contribution in [0, 0.1) is 5.82 Å². The SMILES string of the molecule is O=C1C(SCC(O)c2ccc(F)cc2)C(c2ccc(-c3ccc(C4OC(CO)C(O)C(O)C4O)cc3)cc2O)N1c1ccccc1. The summed E-state index contributed by atoms with van der Waals surface area (Å²) in [6.07, 6.45) is -7.22. The number of carbonyl (C=O) groups excluding carboxylic acids is 1. The molecular weight excluding hydrogens is 613 g/mol. The number of hydrogen-bond acceptors (Lipinski definition) is 9. The van der Waals surface area contributed by atoms with Crippen LogP contribution >= 0.6 is 11.8 Å². The van der Waals surface area contributed by atoms with E-state index in [0.717, 1.165) is 5.56 Å². The molecule has 8 unspecified atom stereocenters. The zero-order valence-corrected chi connectivity index (χ0v) is 25.3. The van der Waals surface area contributed by atoms with Crippen molar-refractivity contribution in [2.75, 3.05) is 17.3 Å². The van der Waals surface area contributed by atoms with E-state index in [1.54, 1.807) is 41.3 Å². The molecule has 0 spiro atoms. The minimum Gasteiger partial charge on any atom is -0.508 e. The fourth-order valence-electron chi connectivity index (χ4n) is 6.00. The number of aromatic hydroxyl groups is 1. The van der Waals surface area contributed by atoms with Crippen LogP contribution in [0.4, 0.5) is 10.1 Å². The third-order valence-electron chi connectivity index (χ3n) is 8.58. The van der Waals surface area contributed by atoms with Crippen LogP contribution in [0.25, 0.3) is 11.1 Å². The Bertz CT molecular complexity index is 1660. The highest BCUT2D eigenvalue weighted by molar-refractivity contribution is 8.00. The molecule has 46 heavy (non-hydrogen) atoms. The number of phenolic OH excluding ortho intramolecular Hbond substituents is 1. The van der Waals surface area contributed by atoms with Gasteiger partial charge in [-0.1, -0.05) is 66.7 Å². The average molecular weight is 648 g/mol. The quantitative estimate of drug-likeness (QED) is 0.150. The molecule has 6 rings (SSSR count). The monoisotopic (exact) mass is 647 g/mol. The van der Waals surface area contributed by atoms with Crippen molar-refractivity contribution in [3.8, 4) is 16.9 Å². The van der Waals surface area contributed by atoms with Crippen molar-refractivity contribution >= 4 is 23.4 Å². The number of carbonyl (C=O) groups is 1. The Hall–Kier alpha value is -3.81. The van der Waals surface area contributed by atoms with Gasteiger partial charge in [-0.15, -0.1) is 11.8 Å². The van der Waals surface area contributed by atoms with Gasteiger partial charge in [-0.05, 0) is 52.6 Å². The topological polar surface area (TPSA) is 151 Å². The van der Waals surface area contributed by atoms with E-state index in [4.69, 9.17) is 4.74 Å². The Morgan fingerprint density at radius 3 is 2.17 bits per heavy atom. The van der Waals surface area contributed by atoms with Crippen LogP contribution in [0.1, 0.15) is 34.9 Å². The number of hydrogen-bond donors (Lipinski definition) is 6. The standard InChI is InChI=1S/C35H34FNO8S/c36-23-13-10-20(11-14-23)27(40)18-46-34-29(37(35(34)44)24-4-2-1-3-5-24)25-15-12-22(16-26(25)39)19-6-8-21(9-7-19)33-32(43)31(42)30(41)28(17-38)45-33/h1-16,27-34,38-43H,17-18H2. The van der Waals surface area contributed by atoms with E-state index in [9.17, 15) is 39.8 Å². The molecule has 2 aliphatic heterocycles. The van der Waals surface area contributed by atoms with Gasteiger partial charge in [0.15, 0.2) is 0 Å². The zero-order chi connectivity index (χ0) is 32.5. The third-order valence-corrected chi connectivity index (χ3v) is 9.91. The normalized spacial score (nSPS) is 26.9. The first-order valence-corrected chi connectivity index (χ1v) is 15.9. The molecule has 0 aliphatic carbocycles. The number of β-lactam (4-membered cyclic amide) rings is 1. The van der Waals surface area contributed by atoms with E-state index >= 15 is 0 Å². The Labute approximate surface area is 269 Å². The lowest BCUT2D eigenvalue weighted by atomic mass is 9.89. The Morgan fingerprint density at radius 1 is 0.848 bits per heavy atom. The molecule has 2 saturated heterocycles. The summed E-state index contributed by atoms with van der Waals surface area (Å²) in [6, 6.07) is 26.4. The molecule has 6 N–H and O–H groups in total. The van der Waals surface area contributed by atoms with Gasteiger partial charge in [0.25, 0.3) is 0 Å². The number of amides is 1. The number of para-hydroxylation sites is 1. The first kappa shape index (κ1) is 32.1. The Balaban J connectivity index is 1.23. The highest BCUT2D eigenvalue weighted by Crippen LogP contribution is 2.48. The molecule has 9 nitrogen and oxygen atoms in total. The maximum Gasteiger partial charge on any atom is 0.243 e. The van der Waals surface area contributed by atoms with Crippen LogP contribution in [-0.2, 0) is 9.53 Å². The van der Waals surface area contributed by atoms with Gasteiger partial charge in [0.2, 0.25) is 5.91 Å². The van der Waals surface area contributed by atoms with E-state index in [2.05, 4.69) is 0 Å². The fraction of sp³-hybridized carbons (Fsp3) is 0.286. The highest BCUT2D eigenvalue weighted by atomic mass is 32.2. The number of aliphatic hydroxyl groups is 5. The van der Waals surface area contributed by atoms with Crippen molar-refractivity contribution in [1.29, 1.82) is 0 Å². The predicted molar refractivity (Wildman–Crippen MR) is 171 cm³/mol. The molecule has 4 aromatic carbocycles. The van der Waals surface area contributed by atoms with Crippen molar-refractivity contribution < 1.29 is 44.6 Å². The lowest BCUT2D eigenvalue weighted by molar-refractivity contribution is -0.231. The summed E-state index contributed by atoms with van der Waals surface area (Å²) in [4.78, 5) is 15.1. The average Bonchev–Trinajstić information content (AvgIpc) is 3.07. The molecular formula is C35H34FNO8S. The van der Waals surface area contributed by atoms with Crippen molar-refractivity contribution in [2.24, 2.45) is 0 Å². The predicted octanol–water partition coefficient (Wildman–Crippen LogP) is 3.64. The summed E-state index contributed by atoms with van der Waals surface area (Å²) >= 11 is 1.28. The molecule has 4 aromatic rings. The number of thioether (sulfide) groups is 1. The smallest absolute Gasteiger partial charge is 0.243 e. The van der Waals surface area contributed by atoms with Gasteiger partial charge in [0.1, 0.15) is 47.3 Å². The van der Waals surface area contributed by atoms with Gasteiger partial charge in [-0.2, -0.15) is 0 Å². The number of rotatable bonds is 9. The lowest BCUT2D eigenvalue weighted by Crippen LogP contribution is -2.57. The summed E-state index contributed by atoms with van der Waals surface area (Å²) in [7, 11) is 0. The van der Waals surface area contributed by atoms with Crippen LogP contribution in [0.5, 0.6) is 5.75 Å². The summed E-state index contributed by atoms with van der Waals surface area (Å²) in [5.74, 6) is -0.376. The van der Waals surface area contributed by atoms with Crippen LogP contribution in [0.2, 0.25) is 0 Å². The Morgan fingerprint density at radius 2 is 1.52 bits per heavy atom. The van der Waals surface area contributed by atoms with Gasteiger partial charge in [-0.25, -0.2) is 4.39 Å². The largest absolute Gasteiger partial charge is 0.508 e. The summed E-state index contributed by atoms with van der Waals surface area (Å²) in [5.41, 5.74) is 3.74. The Kier molecular flexibility index (Phi) is 9.44. The number of nitrogens with zero attached hydrogens (tertiary/aromatic N) is 1. The van der Waals surface area contributed by atoms with Crippen molar-refractivity contribution in [2.45, 2.75) is 47.9 Å². The zero-order valence-electron chi connectivity index (χ0n) is 24.5. The van der Waals surface area contributed by atoms with Gasteiger partial charge in [0, 0.05) is 17.0 Å². The summed E-state index contributed by atoms with van der Waals surface area (Å²) in [6.45, 7) is -0.520. The van der Waals surface area contributed by atoms with Crippen molar-refractivity contribution in [1.82, 2.24) is 0 Å². The molecule has 240 valence electrons. The maximum atomic E-state index is 13.4. The highest BCUT2D eigenvalue weighted by Gasteiger charge is 2.50. The van der Waals surface area contributed by atoms with Crippen LogP contribution < -0.4 is 4.90 Å². The molecule has 2 heterocycles. The fourth-order valence-corrected chi connectivity index (χ4v) is 7.28. The molecule has 1 amide bonds. The minimum absolute atomic E-state index is 0.0152. The molecule has 2 fully saturated rings. The number of halogens is 1. The van der Waals surface area contributed by atoms with E-state index in [1.807, 2.05) is 36.4 Å². The third kappa shape index (κ3) is 6.15. The van der Waals surface area contributed by atoms with Crippen LogP contribution in [0.15, 0.2) is 97.1 Å². The molecule has 0 bridgehead atoms. The van der Waals surface area contributed by atoms with E-state index in [-0.39, 0.29) is 17.4 Å². The van der Waals surface area contributed by atoms with Gasteiger partial charge in [0.05, 0.1) is 18.8 Å². The minimum atomic E-state index is -1.48. The van der Waals surface area contributed by atoms with Gasteiger partial charge in [-0.3, -0.25) is 4.79 Å². The second-order valence-corrected chi connectivity index (χ2v) is 12.6. The number of phenols is 1. The number of aliphatic hydroxyl groups excluding tert-OH is 5. The van der Waals surface area contributed by atoms with E-state index in [1.165, 1.54) is 36.0 Å². The van der Waals surface area contributed by atoms with E-state index < -0.39 is 60.3 Å². The summed E-state index contributed by atoms with van der Waals surface area (Å²) < 4.78 is 19.0. The molecule has 2 aliphatic rings.